The number of carbonyl (C=O) groups excluding carboxylic acids is 2. The summed E-state index contributed by atoms with van der Waals surface area (Å²) in [6.07, 6.45) is 2.74. The van der Waals surface area contributed by atoms with Gasteiger partial charge in [0.05, 0.1) is 12.3 Å². The first kappa shape index (κ1) is 12.9. The van der Waals surface area contributed by atoms with Crippen LogP contribution in [0.25, 0.3) is 0 Å². The van der Waals surface area contributed by atoms with Crippen LogP contribution in [0.15, 0.2) is 18.3 Å². The molecule has 2 rings (SSSR count). The number of hydrogen-bond acceptors (Lipinski definition) is 5. The van der Waals surface area contributed by atoms with Gasteiger partial charge in [0.2, 0.25) is 5.91 Å². The highest BCUT2D eigenvalue weighted by Gasteiger charge is 2.29. The van der Waals surface area contributed by atoms with Crippen LogP contribution in [0.5, 0.6) is 0 Å². The quantitative estimate of drug-likeness (QED) is 0.883. The number of rotatable bonds is 5. The van der Waals surface area contributed by atoms with Gasteiger partial charge in [-0.1, -0.05) is 24.8 Å². The summed E-state index contributed by atoms with van der Waals surface area (Å²) < 4.78 is 0. The van der Waals surface area contributed by atoms with E-state index in [1.807, 2.05) is 12.1 Å². The number of amides is 2. The van der Waals surface area contributed by atoms with Gasteiger partial charge in [-0.05, 0) is 18.1 Å². The van der Waals surface area contributed by atoms with Gasteiger partial charge in [0.15, 0.2) is 0 Å². The standard InChI is InChI=1S/C12H15N3O2S/c1-2-5-13-10-4-3-9(6-14-10)7-15-11(16)8-18-12(15)17/h3-4,6H,2,5,7-8H2,1H3,(H,13,14). The number of imide groups is 1. The van der Waals surface area contributed by atoms with Crippen molar-refractivity contribution in [2.75, 3.05) is 17.6 Å². The molecule has 0 saturated carbocycles. The van der Waals surface area contributed by atoms with E-state index in [-0.39, 0.29) is 16.9 Å². The van der Waals surface area contributed by atoms with E-state index in [2.05, 4.69) is 17.2 Å². The molecule has 0 radical (unpaired) electrons. The number of nitrogens with one attached hydrogen (secondary N) is 1. The van der Waals surface area contributed by atoms with Crippen molar-refractivity contribution in [2.24, 2.45) is 0 Å². The molecule has 2 amide bonds. The lowest BCUT2D eigenvalue weighted by Gasteiger charge is -2.12. The Balaban J connectivity index is 1.97. The lowest BCUT2D eigenvalue weighted by molar-refractivity contribution is -0.125. The van der Waals surface area contributed by atoms with Gasteiger partial charge in [-0.2, -0.15) is 0 Å². The highest BCUT2D eigenvalue weighted by molar-refractivity contribution is 8.14. The SMILES string of the molecule is CCCNc1ccc(CN2C(=O)CSC2=O)cn1. The third kappa shape index (κ3) is 3.01. The molecule has 1 aliphatic heterocycles. The lowest BCUT2D eigenvalue weighted by Crippen LogP contribution is -2.27. The number of aromatic nitrogens is 1. The molecule has 1 N–H and O–H groups in total. The number of anilines is 1. The Bertz CT molecular complexity index is 431. The summed E-state index contributed by atoms with van der Waals surface area (Å²) in [5, 5.41) is 3.00. The topological polar surface area (TPSA) is 62.3 Å². The monoisotopic (exact) mass is 265 g/mol. The highest BCUT2D eigenvalue weighted by atomic mass is 32.2. The Morgan fingerprint density at radius 2 is 2.28 bits per heavy atom. The van der Waals surface area contributed by atoms with Crippen molar-refractivity contribution < 1.29 is 9.59 Å². The van der Waals surface area contributed by atoms with Crippen LogP contribution >= 0.6 is 11.8 Å². The summed E-state index contributed by atoms with van der Waals surface area (Å²) in [5.41, 5.74) is 0.862. The van der Waals surface area contributed by atoms with E-state index < -0.39 is 0 Å². The normalized spacial score (nSPS) is 15.3. The summed E-state index contributed by atoms with van der Waals surface area (Å²) in [6, 6.07) is 3.75. The van der Waals surface area contributed by atoms with Gasteiger partial charge in [0.1, 0.15) is 5.82 Å². The molecular weight excluding hydrogens is 250 g/mol. The summed E-state index contributed by atoms with van der Waals surface area (Å²) in [7, 11) is 0. The van der Waals surface area contributed by atoms with Crippen molar-refractivity contribution in [3.05, 3.63) is 23.9 Å². The number of carbonyl (C=O) groups is 2. The molecule has 18 heavy (non-hydrogen) atoms. The fourth-order valence-electron chi connectivity index (χ4n) is 1.59. The third-order valence-electron chi connectivity index (χ3n) is 2.56. The largest absolute Gasteiger partial charge is 0.370 e. The maximum Gasteiger partial charge on any atom is 0.289 e. The predicted octanol–water partition coefficient (Wildman–Crippen LogP) is 2.10. The fourth-order valence-corrected chi connectivity index (χ4v) is 2.32. The van der Waals surface area contributed by atoms with Gasteiger partial charge < -0.3 is 5.32 Å². The molecule has 1 aromatic heterocycles. The Labute approximate surface area is 110 Å². The van der Waals surface area contributed by atoms with Crippen molar-refractivity contribution in [2.45, 2.75) is 19.9 Å². The smallest absolute Gasteiger partial charge is 0.289 e. The molecule has 2 heterocycles. The van der Waals surface area contributed by atoms with Crippen molar-refractivity contribution in [3.63, 3.8) is 0 Å². The summed E-state index contributed by atoms with van der Waals surface area (Å²) in [5.74, 6) is 0.940. The van der Waals surface area contributed by atoms with Crippen LogP contribution in [0.2, 0.25) is 0 Å². The van der Waals surface area contributed by atoms with E-state index >= 15 is 0 Å². The van der Waals surface area contributed by atoms with E-state index in [0.717, 1.165) is 36.1 Å². The Morgan fingerprint density at radius 1 is 1.44 bits per heavy atom. The number of hydrogen-bond donors (Lipinski definition) is 1. The Morgan fingerprint density at radius 3 is 2.83 bits per heavy atom. The average molecular weight is 265 g/mol. The molecule has 6 heteroatoms. The van der Waals surface area contributed by atoms with Crippen LogP contribution in [-0.4, -0.2) is 33.3 Å². The van der Waals surface area contributed by atoms with Crippen molar-refractivity contribution >= 4 is 28.7 Å². The van der Waals surface area contributed by atoms with Crippen LogP contribution in [0.4, 0.5) is 10.6 Å². The summed E-state index contributed by atoms with van der Waals surface area (Å²) in [6.45, 7) is 3.28. The van der Waals surface area contributed by atoms with Gasteiger partial charge >= 0.3 is 0 Å². The van der Waals surface area contributed by atoms with Crippen molar-refractivity contribution in [1.82, 2.24) is 9.88 Å². The molecule has 96 valence electrons. The first-order valence-corrected chi connectivity index (χ1v) is 6.85. The number of pyridine rings is 1. The van der Waals surface area contributed by atoms with Crippen LogP contribution < -0.4 is 5.32 Å². The molecule has 0 spiro atoms. The second kappa shape index (κ2) is 5.86. The predicted molar refractivity (Wildman–Crippen MR) is 71.4 cm³/mol. The molecule has 0 aliphatic carbocycles. The summed E-state index contributed by atoms with van der Waals surface area (Å²) in [4.78, 5) is 28.4. The van der Waals surface area contributed by atoms with Crippen LogP contribution in [-0.2, 0) is 11.3 Å². The zero-order valence-electron chi connectivity index (χ0n) is 10.2. The molecular formula is C12H15N3O2S. The second-order valence-electron chi connectivity index (χ2n) is 4.01. The molecule has 1 saturated heterocycles. The van der Waals surface area contributed by atoms with Gasteiger partial charge in [0.25, 0.3) is 5.24 Å². The molecule has 1 fully saturated rings. The molecule has 0 unspecified atom stereocenters. The van der Waals surface area contributed by atoms with Crippen LogP contribution in [0, 0.1) is 0 Å². The zero-order valence-corrected chi connectivity index (χ0v) is 11.0. The highest BCUT2D eigenvalue weighted by Crippen LogP contribution is 2.21. The molecule has 0 aromatic carbocycles. The molecule has 0 bridgehead atoms. The van der Waals surface area contributed by atoms with E-state index in [1.54, 1.807) is 6.20 Å². The van der Waals surface area contributed by atoms with Gasteiger partial charge in [-0.3, -0.25) is 14.5 Å². The van der Waals surface area contributed by atoms with E-state index in [1.165, 1.54) is 4.90 Å². The Hall–Kier alpha value is -1.56. The zero-order chi connectivity index (χ0) is 13.0. The molecule has 1 aromatic rings. The first-order valence-electron chi connectivity index (χ1n) is 5.86. The summed E-state index contributed by atoms with van der Waals surface area (Å²) >= 11 is 1.05. The minimum Gasteiger partial charge on any atom is -0.370 e. The average Bonchev–Trinajstić information content (AvgIpc) is 2.70. The van der Waals surface area contributed by atoms with Crippen LogP contribution in [0.1, 0.15) is 18.9 Å². The molecule has 5 nitrogen and oxygen atoms in total. The van der Waals surface area contributed by atoms with Crippen molar-refractivity contribution in [3.8, 4) is 0 Å². The van der Waals surface area contributed by atoms with E-state index in [0.29, 0.717) is 6.54 Å². The maximum atomic E-state index is 11.4. The number of thioether (sulfide) groups is 1. The third-order valence-corrected chi connectivity index (χ3v) is 3.42. The lowest BCUT2D eigenvalue weighted by atomic mass is 10.2. The Kier molecular flexibility index (Phi) is 4.19. The van der Waals surface area contributed by atoms with E-state index in [9.17, 15) is 9.59 Å². The van der Waals surface area contributed by atoms with Crippen molar-refractivity contribution in [1.29, 1.82) is 0 Å². The number of nitrogens with zero attached hydrogens (tertiary/aromatic N) is 2. The van der Waals surface area contributed by atoms with Crippen LogP contribution in [0.3, 0.4) is 0 Å². The molecule has 1 aliphatic rings. The van der Waals surface area contributed by atoms with Gasteiger partial charge in [0, 0.05) is 12.7 Å². The second-order valence-corrected chi connectivity index (χ2v) is 4.94. The van der Waals surface area contributed by atoms with Gasteiger partial charge in [-0.25, -0.2) is 4.98 Å². The van der Waals surface area contributed by atoms with Gasteiger partial charge in [-0.15, -0.1) is 0 Å². The molecule has 0 atom stereocenters. The first-order chi connectivity index (χ1) is 8.70. The minimum absolute atomic E-state index is 0.127. The minimum atomic E-state index is -0.173. The fraction of sp³-hybridized carbons (Fsp3) is 0.417. The van der Waals surface area contributed by atoms with E-state index in [4.69, 9.17) is 0 Å². The maximum absolute atomic E-state index is 11.4.